The molecule has 220 valence electrons. The molecule has 1 aliphatic heterocycles. The number of nitrogens with one attached hydrogen (secondary N) is 2. The van der Waals surface area contributed by atoms with Crippen molar-refractivity contribution in [2.45, 2.75) is 13.1 Å². The SMILES string of the molecule is COc1ccc(C(=O)Nc2nc3ccccc3c(NCc3ccccc3N3CCN(Cc4ccccc4)CC3)c2C#N)cc1. The van der Waals surface area contributed by atoms with Gasteiger partial charge >= 0.3 is 0 Å². The van der Waals surface area contributed by atoms with Gasteiger partial charge in [-0.05, 0) is 47.5 Å². The first kappa shape index (κ1) is 28.7. The van der Waals surface area contributed by atoms with Gasteiger partial charge in [0.25, 0.3) is 5.91 Å². The molecule has 2 heterocycles. The van der Waals surface area contributed by atoms with Crippen LogP contribution in [0.2, 0.25) is 0 Å². The van der Waals surface area contributed by atoms with E-state index >= 15 is 0 Å². The van der Waals surface area contributed by atoms with E-state index < -0.39 is 0 Å². The molecular formula is C36H34N6O2. The quantitative estimate of drug-likeness (QED) is 0.211. The summed E-state index contributed by atoms with van der Waals surface area (Å²) in [6.45, 7) is 5.32. The van der Waals surface area contributed by atoms with Crippen LogP contribution < -0.4 is 20.3 Å². The maximum absolute atomic E-state index is 13.1. The van der Waals surface area contributed by atoms with E-state index in [0.717, 1.165) is 43.7 Å². The van der Waals surface area contributed by atoms with Gasteiger partial charge in [-0.2, -0.15) is 5.26 Å². The summed E-state index contributed by atoms with van der Waals surface area (Å²) >= 11 is 0. The molecule has 0 atom stereocenters. The number of hydrogen-bond acceptors (Lipinski definition) is 7. The number of nitrogens with zero attached hydrogens (tertiary/aromatic N) is 4. The zero-order chi connectivity index (χ0) is 30.3. The van der Waals surface area contributed by atoms with Gasteiger partial charge in [-0.15, -0.1) is 0 Å². The molecule has 0 radical (unpaired) electrons. The minimum Gasteiger partial charge on any atom is -0.497 e. The predicted molar refractivity (Wildman–Crippen MR) is 175 cm³/mol. The topological polar surface area (TPSA) is 93.5 Å². The molecule has 5 aromatic rings. The van der Waals surface area contributed by atoms with Crippen LogP contribution in [-0.4, -0.2) is 49.1 Å². The lowest BCUT2D eigenvalue weighted by Crippen LogP contribution is -2.46. The van der Waals surface area contributed by atoms with Crippen molar-refractivity contribution >= 4 is 34.0 Å². The summed E-state index contributed by atoms with van der Waals surface area (Å²) in [6.07, 6.45) is 0. The van der Waals surface area contributed by atoms with Crippen molar-refractivity contribution in [3.05, 3.63) is 125 Å². The lowest BCUT2D eigenvalue weighted by atomic mass is 10.1. The van der Waals surface area contributed by atoms with Crippen LogP contribution in [0.4, 0.5) is 17.2 Å². The number of amides is 1. The molecule has 44 heavy (non-hydrogen) atoms. The van der Waals surface area contributed by atoms with Gasteiger partial charge in [0.2, 0.25) is 0 Å². The van der Waals surface area contributed by atoms with Gasteiger partial charge in [-0.1, -0.05) is 66.7 Å². The first-order valence-electron chi connectivity index (χ1n) is 14.7. The maximum Gasteiger partial charge on any atom is 0.256 e. The van der Waals surface area contributed by atoms with Gasteiger partial charge in [0.1, 0.15) is 17.4 Å². The molecule has 1 aromatic heterocycles. The Balaban J connectivity index is 1.22. The van der Waals surface area contributed by atoms with Gasteiger partial charge in [0.05, 0.1) is 18.3 Å². The van der Waals surface area contributed by atoms with E-state index in [4.69, 9.17) is 4.74 Å². The molecule has 1 aliphatic rings. The summed E-state index contributed by atoms with van der Waals surface area (Å²) in [5.74, 6) is 0.524. The highest BCUT2D eigenvalue weighted by Gasteiger charge is 2.21. The highest BCUT2D eigenvalue weighted by Crippen LogP contribution is 2.33. The van der Waals surface area contributed by atoms with E-state index in [2.05, 4.69) is 80.0 Å². The van der Waals surface area contributed by atoms with Crippen molar-refractivity contribution in [2.24, 2.45) is 0 Å². The summed E-state index contributed by atoms with van der Waals surface area (Å²) in [4.78, 5) is 22.7. The molecule has 0 saturated carbocycles. The molecule has 0 spiro atoms. The van der Waals surface area contributed by atoms with E-state index in [1.54, 1.807) is 31.4 Å². The number of piperazine rings is 1. The van der Waals surface area contributed by atoms with E-state index in [9.17, 15) is 10.1 Å². The second kappa shape index (κ2) is 13.3. The number of carbonyl (C=O) groups is 1. The molecule has 6 rings (SSSR count). The van der Waals surface area contributed by atoms with Crippen molar-refractivity contribution < 1.29 is 9.53 Å². The average Bonchev–Trinajstić information content (AvgIpc) is 3.08. The molecule has 8 heteroatoms. The van der Waals surface area contributed by atoms with Gasteiger partial charge < -0.3 is 20.3 Å². The van der Waals surface area contributed by atoms with E-state index in [-0.39, 0.29) is 17.3 Å². The number of fused-ring (bicyclic) bond motifs is 1. The van der Waals surface area contributed by atoms with Crippen molar-refractivity contribution in [1.29, 1.82) is 5.26 Å². The second-order valence-electron chi connectivity index (χ2n) is 10.8. The first-order chi connectivity index (χ1) is 21.6. The van der Waals surface area contributed by atoms with Crippen LogP contribution in [0.25, 0.3) is 10.9 Å². The number of ether oxygens (including phenoxy) is 1. The molecule has 0 unspecified atom stereocenters. The first-order valence-corrected chi connectivity index (χ1v) is 14.7. The van der Waals surface area contributed by atoms with Crippen LogP contribution >= 0.6 is 0 Å². The number of hydrogen-bond donors (Lipinski definition) is 2. The molecule has 8 nitrogen and oxygen atoms in total. The van der Waals surface area contributed by atoms with E-state index in [1.807, 2.05) is 30.3 Å². The minimum absolute atomic E-state index is 0.220. The van der Waals surface area contributed by atoms with Crippen molar-refractivity contribution in [1.82, 2.24) is 9.88 Å². The summed E-state index contributed by atoms with van der Waals surface area (Å²) in [5, 5.41) is 17.5. The van der Waals surface area contributed by atoms with Crippen LogP contribution in [0.5, 0.6) is 5.75 Å². The number of methoxy groups -OCH3 is 1. The largest absolute Gasteiger partial charge is 0.497 e. The highest BCUT2D eigenvalue weighted by atomic mass is 16.5. The number of pyridine rings is 1. The smallest absolute Gasteiger partial charge is 0.256 e. The molecular weight excluding hydrogens is 548 g/mol. The molecule has 1 saturated heterocycles. The van der Waals surface area contributed by atoms with Crippen molar-refractivity contribution in [3.8, 4) is 11.8 Å². The van der Waals surface area contributed by atoms with Gasteiger partial charge in [-0.25, -0.2) is 4.98 Å². The number of anilines is 3. The van der Waals surface area contributed by atoms with Crippen LogP contribution in [0.1, 0.15) is 27.0 Å². The van der Waals surface area contributed by atoms with Crippen LogP contribution in [0.3, 0.4) is 0 Å². The maximum atomic E-state index is 13.1. The van der Waals surface area contributed by atoms with Crippen molar-refractivity contribution in [3.63, 3.8) is 0 Å². The third-order valence-electron chi connectivity index (χ3n) is 8.00. The van der Waals surface area contributed by atoms with Gasteiger partial charge in [-0.3, -0.25) is 9.69 Å². The molecule has 0 bridgehead atoms. The Morgan fingerprint density at radius 3 is 2.34 bits per heavy atom. The van der Waals surface area contributed by atoms with Crippen molar-refractivity contribution in [2.75, 3.05) is 48.8 Å². The van der Waals surface area contributed by atoms with E-state index in [0.29, 0.717) is 29.1 Å². The third kappa shape index (κ3) is 6.33. The fraction of sp³-hybridized carbons (Fsp3) is 0.194. The number of aromatic nitrogens is 1. The number of benzene rings is 4. The number of carbonyl (C=O) groups excluding carboxylic acids is 1. The second-order valence-corrected chi connectivity index (χ2v) is 10.8. The average molecular weight is 583 g/mol. The number of nitriles is 1. The van der Waals surface area contributed by atoms with E-state index in [1.165, 1.54) is 11.3 Å². The van der Waals surface area contributed by atoms with Crippen LogP contribution in [0.15, 0.2) is 103 Å². The zero-order valence-corrected chi connectivity index (χ0v) is 24.7. The third-order valence-corrected chi connectivity index (χ3v) is 8.00. The Bertz CT molecular complexity index is 1790. The Morgan fingerprint density at radius 2 is 1.59 bits per heavy atom. The lowest BCUT2D eigenvalue weighted by molar-refractivity contribution is 0.102. The Morgan fingerprint density at radius 1 is 0.886 bits per heavy atom. The summed E-state index contributed by atoms with van der Waals surface area (Å²) in [5.41, 5.74) is 5.71. The monoisotopic (exact) mass is 582 g/mol. The summed E-state index contributed by atoms with van der Waals surface area (Å²) < 4.78 is 5.20. The van der Waals surface area contributed by atoms with Gasteiger partial charge in [0, 0.05) is 55.9 Å². The zero-order valence-electron chi connectivity index (χ0n) is 24.7. The Kier molecular flexibility index (Phi) is 8.67. The number of rotatable bonds is 9. The van der Waals surface area contributed by atoms with Gasteiger partial charge in [0.15, 0.2) is 5.82 Å². The Hall–Kier alpha value is -5.39. The molecule has 2 N–H and O–H groups in total. The lowest BCUT2D eigenvalue weighted by Gasteiger charge is -2.37. The fourth-order valence-corrected chi connectivity index (χ4v) is 5.66. The summed E-state index contributed by atoms with van der Waals surface area (Å²) in [7, 11) is 1.58. The standard InChI is InChI=1S/C36H34N6O2/c1-44-29-17-15-27(16-18-29)36(43)40-35-31(23-37)34(30-12-6-7-13-32(30)39-35)38-24-28-11-5-8-14-33(28)42-21-19-41(20-22-42)25-26-9-3-2-4-10-26/h2-18H,19-22,24-25H2,1H3,(H2,38,39,40,43). The number of para-hydroxylation sites is 2. The fourth-order valence-electron chi connectivity index (χ4n) is 5.66. The normalized spacial score (nSPS) is 13.3. The molecule has 4 aromatic carbocycles. The Labute approximate surface area is 257 Å². The summed E-state index contributed by atoms with van der Waals surface area (Å²) in [6, 6.07) is 35.8. The molecule has 1 amide bonds. The minimum atomic E-state index is -0.352. The predicted octanol–water partition coefficient (Wildman–Crippen LogP) is 6.30. The molecule has 1 fully saturated rings. The van der Waals surface area contributed by atoms with Crippen LogP contribution in [0, 0.1) is 11.3 Å². The highest BCUT2D eigenvalue weighted by molar-refractivity contribution is 6.07. The van der Waals surface area contributed by atoms with Crippen LogP contribution in [-0.2, 0) is 13.1 Å². The molecule has 0 aliphatic carbocycles.